The molecule has 0 aliphatic carbocycles. The Labute approximate surface area is 116 Å². The molecule has 1 rings (SSSR count). The van der Waals surface area contributed by atoms with Crippen LogP contribution in [0.25, 0.3) is 0 Å². The normalized spacial score (nSPS) is 11.8. The number of halogens is 3. The van der Waals surface area contributed by atoms with Gasteiger partial charge in [-0.05, 0) is 44.9 Å². The van der Waals surface area contributed by atoms with Crippen molar-refractivity contribution in [3.8, 4) is 0 Å². The van der Waals surface area contributed by atoms with E-state index in [-0.39, 0.29) is 5.56 Å². The van der Waals surface area contributed by atoms with E-state index in [0.717, 1.165) is 10.5 Å². The van der Waals surface area contributed by atoms with Crippen molar-refractivity contribution in [2.24, 2.45) is 0 Å². The van der Waals surface area contributed by atoms with Gasteiger partial charge >= 0.3 is 6.18 Å². The first-order valence-corrected chi connectivity index (χ1v) is 6.27. The highest BCUT2D eigenvalue weighted by Crippen LogP contribution is 2.23. The molecule has 1 aromatic carbocycles. The van der Waals surface area contributed by atoms with Crippen LogP contribution in [-0.2, 0) is 0 Å². The summed E-state index contributed by atoms with van der Waals surface area (Å²) in [5, 5.41) is 0. The van der Waals surface area contributed by atoms with Gasteiger partial charge in [0, 0.05) is 17.3 Å². The van der Waals surface area contributed by atoms with E-state index in [1.165, 1.54) is 6.07 Å². The number of nitrogens with zero attached hydrogens (tertiary/aromatic N) is 1. The van der Waals surface area contributed by atoms with Crippen LogP contribution in [0.5, 0.6) is 0 Å². The summed E-state index contributed by atoms with van der Waals surface area (Å²) in [6.07, 6.45) is -4.43. The number of hydrogen-bond acceptors (Lipinski definition) is 2. The topological polar surface area (TPSA) is 46.3 Å². The Kier molecular flexibility index (Phi) is 4.68. The second-order valence-electron chi connectivity index (χ2n) is 5.17. The number of nitrogen functional groups attached to an aromatic ring is 1. The molecule has 20 heavy (non-hydrogen) atoms. The van der Waals surface area contributed by atoms with Gasteiger partial charge in [0.2, 0.25) is 0 Å². The van der Waals surface area contributed by atoms with Crippen LogP contribution in [0.15, 0.2) is 12.1 Å². The van der Waals surface area contributed by atoms with Crippen molar-refractivity contribution in [3.63, 3.8) is 0 Å². The summed E-state index contributed by atoms with van der Waals surface area (Å²) < 4.78 is 37.7. The van der Waals surface area contributed by atoms with Crippen molar-refractivity contribution < 1.29 is 18.0 Å². The third-order valence-electron chi connectivity index (χ3n) is 3.08. The van der Waals surface area contributed by atoms with Crippen LogP contribution in [0.2, 0.25) is 0 Å². The van der Waals surface area contributed by atoms with Crippen molar-refractivity contribution in [2.45, 2.75) is 39.9 Å². The van der Waals surface area contributed by atoms with E-state index in [9.17, 15) is 18.0 Å². The van der Waals surface area contributed by atoms with Crippen LogP contribution in [0, 0.1) is 13.8 Å². The summed E-state index contributed by atoms with van der Waals surface area (Å²) in [6, 6.07) is 2.60. The Bertz CT molecular complexity index is 510. The predicted molar refractivity (Wildman–Crippen MR) is 72.6 cm³/mol. The third kappa shape index (κ3) is 3.88. The fourth-order valence-electron chi connectivity index (χ4n) is 1.94. The SMILES string of the molecule is Cc1cc(C)c(C(=O)N(CC(F)(F)F)C(C)C)cc1N. The first kappa shape index (κ1) is 16.3. The molecule has 1 aromatic rings. The predicted octanol–water partition coefficient (Wildman–Crippen LogP) is 3.30. The van der Waals surface area contributed by atoms with E-state index in [1.807, 2.05) is 0 Å². The van der Waals surface area contributed by atoms with Crippen molar-refractivity contribution in [1.82, 2.24) is 4.90 Å². The number of carbonyl (C=O) groups excluding carboxylic acids is 1. The summed E-state index contributed by atoms with van der Waals surface area (Å²) in [5.41, 5.74) is 7.77. The van der Waals surface area contributed by atoms with Crippen LogP contribution in [0.3, 0.4) is 0 Å². The molecule has 0 saturated carbocycles. The molecular weight excluding hydrogens is 269 g/mol. The standard InChI is InChI=1S/C14H19F3N2O/c1-8(2)19(7-14(15,16)17)13(20)11-6-12(18)10(4)5-9(11)3/h5-6,8H,7,18H2,1-4H3. The molecule has 0 aromatic heterocycles. The van der Waals surface area contributed by atoms with E-state index in [2.05, 4.69) is 0 Å². The molecule has 3 nitrogen and oxygen atoms in total. The number of benzene rings is 1. The summed E-state index contributed by atoms with van der Waals surface area (Å²) >= 11 is 0. The van der Waals surface area contributed by atoms with Crippen molar-refractivity contribution in [1.29, 1.82) is 0 Å². The van der Waals surface area contributed by atoms with Gasteiger partial charge in [-0.3, -0.25) is 4.79 Å². The lowest BCUT2D eigenvalue weighted by Crippen LogP contribution is -2.43. The molecule has 0 spiro atoms. The molecule has 0 aliphatic heterocycles. The highest BCUT2D eigenvalue weighted by molar-refractivity contribution is 5.97. The fourth-order valence-corrected chi connectivity index (χ4v) is 1.94. The molecule has 0 saturated heterocycles. The molecule has 2 N–H and O–H groups in total. The Morgan fingerprint density at radius 1 is 1.25 bits per heavy atom. The van der Waals surface area contributed by atoms with Crippen molar-refractivity contribution in [2.75, 3.05) is 12.3 Å². The Balaban J connectivity index is 3.16. The number of alkyl halides is 3. The molecule has 0 atom stereocenters. The van der Waals surface area contributed by atoms with Crippen LogP contribution in [-0.4, -0.2) is 29.6 Å². The average molecular weight is 288 g/mol. The minimum Gasteiger partial charge on any atom is -0.398 e. The zero-order chi connectivity index (χ0) is 15.7. The molecule has 6 heteroatoms. The van der Waals surface area contributed by atoms with Crippen LogP contribution in [0.4, 0.5) is 18.9 Å². The highest BCUT2D eigenvalue weighted by Gasteiger charge is 2.35. The average Bonchev–Trinajstić information content (AvgIpc) is 2.28. The van der Waals surface area contributed by atoms with Gasteiger partial charge in [-0.1, -0.05) is 6.07 Å². The van der Waals surface area contributed by atoms with Gasteiger partial charge in [0.15, 0.2) is 0 Å². The lowest BCUT2D eigenvalue weighted by molar-refractivity contribution is -0.143. The van der Waals surface area contributed by atoms with E-state index in [1.54, 1.807) is 33.8 Å². The lowest BCUT2D eigenvalue weighted by Gasteiger charge is -2.28. The molecule has 112 valence electrons. The van der Waals surface area contributed by atoms with Gasteiger partial charge in [-0.15, -0.1) is 0 Å². The Hall–Kier alpha value is -1.72. The Morgan fingerprint density at radius 2 is 1.80 bits per heavy atom. The molecule has 0 heterocycles. The van der Waals surface area contributed by atoms with Gasteiger partial charge in [-0.25, -0.2) is 0 Å². The van der Waals surface area contributed by atoms with E-state index in [0.29, 0.717) is 11.3 Å². The van der Waals surface area contributed by atoms with Crippen molar-refractivity contribution in [3.05, 3.63) is 28.8 Å². The first-order chi connectivity index (χ1) is 9.03. The minimum absolute atomic E-state index is 0.214. The molecule has 0 fully saturated rings. The van der Waals surface area contributed by atoms with Crippen LogP contribution >= 0.6 is 0 Å². The smallest absolute Gasteiger partial charge is 0.398 e. The zero-order valence-electron chi connectivity index (χ0n) is 12.0. The van der Waals surface area contributed by atoms with Gasteiger partial charge < -0.3 is 10.6 Å². The van der Waals surface area contributed by atoms with E-state index >= 15 is 0 Å². The maximum Gasteiger partial charge on any atom is 0.406 e. The number of nitrogens with two attached hydrogens (primary N) is 1. The summed E-state index contributed by atoms with van der Waals surface area (Å²) in [6.45, 7) is 5.31. The van der Waals surface area contributed by atoms with Gasteiger partial charge in [0.05, 0.1) is 0 Å². The van der Waals surface area contributed by atoms with E-state index < -0.39 is 24.7 Å². The highest BCUT2D eigenvalue weighted by atomic mass is 19.4. The first-order valence-electron chi connectivity index (χ1n) is 6.27. The summed E-state index contributed by atoms with van der Waals surface area (Å²) in [7, 11) is 0. The maximum absolute atomic E-state index is 12.6. The van der Waals surface area contributed by atoms with Gasteiger partial charge in [-0.2, -0.15) is 13.2 Å². The zero-order valence-corrected chi connectivity index (χ0v) is 12.0. The van der Waals surface area contributed by atoms with Crippen LogP contribution < -0.4 is 5.73 Å². The summed E-state index contributed by atoms with van der Waals surface area (Å²) in [4.78, 5) is 13.1. The second kappa shape index (κ2) is 5.73. The number of amides is 1. The number of rotatable bonds is 3. The quantitative estimate of drug-likeness (QED) is 0.867. The summed E-state index contributed by atoms with van der Waals surface area (Å²) in [5.74, 6) is -0.651. The van der Waals surface area contributed by atoms with Crippen molar-refractivity contribution >= 4 is 11.6 Å². The lowest BCUT2D eigenvalue weighted by atomic mass is 10.0. The number of hydrogen-bond donors (Lipinski definition) is 1. The number of carbonyl (C=O) groups is 1. The third-order valence-corrected chi connectivity index (χ3v) is 3.08. The van der Waals surface area contributed by atoms with Gasteiger partial charge in [0.25, 0.3) is 5.91 Å². The van der Waals surface area contributed by atoms with E-state index in [4.69, 9.17) is 5.73 Å². The number of anilines is 1. The fraction of sp³-hybridized carbons (Fsp3) is 0.500. The van der Waals surface area contributed by atoms with Crippen LogP contribution in [0.1, 0.15) is 35.3 Å². The molecule has 1 amide bonds. The maximum atomic E-state index is 12.6. The largest absolute Gasteiger partial charge is 0.406 e. The Morgan fingerprint density at radius 3 is 2.25 bits per heavy atom. The second-order valence-corrected chi connectivity index (χ2v) is 5.17. The molecular formula is C14H19F3N2O. The van der Waals surface area contributed by atoms with Gasteiger partial charge in [0.1, 0.15) is 6.54 Å². The molecule has 0 radical (unpaired) electrons. The molecule has 0 aliphatic rings. The molecule has 0 bridgehead atoms. The monoisotopic (exact) mass is 288 g/mol. The molecule has 0 unspecified atom stereocenters. The minimum atomic E-state index is -4.43. The number of aryl methyl sites for hydroxylation is 2.